The number of nitrogens with one attached hydrogen (secondary N) is 1. The minimum atomic E-state index is 0.598. The van der Waals surface area contributed by atoms with Crippen LogP contribution in [0.5, 0.6) is 0 Å². The van der Waals surface area contributed by atoms with Crippen molar-refractivity contribution in [3.63, 3.8) is 0 Å². The molecule has 3 aromatic rings. The Morgan fingerprint density at radius 3 is 2.76 bits per heavy atom. The normalized spacial score (nSPS) is 10.8. The van der Waals surface area contributed by atoms with Gasteiger partial charge >= 0.3 is 0 Å². The van der Waals surface area contributed by atoms with Crippen molar-refractivity contribution in [3.8, 4) is 5.69 Å². The summed E-state index contributed by atoms with van der Waals surface area (Å²) in [5.41, 5.74) is 3.31. The average molecular weight is 316 g/mol. The summed E-state index contributed by atoms with van der Waals surface area (Å²) in [6.07, 6.45) is 0.669. The summed E-state index contributed by atoms with van der Waals surface area (Å²) in [5.74, 6) is 0.872. The zero-order valence-corrected chi connectivity index (χ0v) is 13.1. The highest BCUT2D eigenvalue weighted by molar-refractivity contribution is 7.71. The fourth-order valence-electron chi connectivity index (χ4n) is 2.34. The first-order valence-corrected chi connectivity index (χ1v) is 7.40. The number of aromatic nitrogens is 3. The van der Waals surface area contributed by atoms with Gasteiger partial charge in [-0.2, -0.15) is 5.10 Å². The van der Waals surface area contributed by atoms with Crippen LogP contribution < -0.4 is 0 Å². The second-order valence-corrected chi connectivity index (χ2v) is 5.70. The molecule has 0 aliphatic rings. The minimum Gasteiger partial charge on any atom is -0.272 e. The van der Waals surface area contributed by atoms with Gasteiger partial charge in [-0.25, -0.2) is 0 Å². The molecule has 0 spiro atoms. The molecule has 0 atom stereocenters. The number of aromatic amines is 1. The third-order valence-electron chi connectivity index (χ3n) is 3.35. The van der Waals surface area contributed by atoms with Crippen molar-refractivity contribution in [2.45, 2.75) is 13.3 Å². The first kappa shape index (κ1) is 14.0. The first-order chi connectivity index (χ1) is 10.1. The van der Waals surface area contributed by atoms with Crippen LogP contribution in [0.3, 0.4) is 0 Å². The second-order valence-electron chi connectivity index (χ2n) is 4.87. The molecular weight excluding hydrogens is 302 g/mol. The summed E-state index contributed by atoms with van der Waals surface area (Å²) >= 11 is 11.4. The largest absolute Gasteiger partial charge is 0.272 e. The van der Waals surface area contributed by atoms with E-state index in [0.717, 1.165) is 27.7 Å². The molecule has 1 N–H and O–H groups in total. The van der Waals surface area contributed by atoms with Gasteiger partial charge in [-0.15, -0.1) is 0 Å². The molecule has 3 rings (SSSR count). The Kier molecular flexibility index (Phi) is 3.90. The molecule has 106 valence electrons. The van der Waals surface area contributed by atoms with E-state index < -0.39 is 0 Å². The van der Waals surface area contributed by atoms with Crippen molar-refractivity contribution in [2.75, 3.05) is 0 Å². The molecule has 0 radical (unpaired) electrons. The van der Waals surface area contributed by atoms with E-state index in [0.29, 0.717) is 11.2 Å². The van der Waals surface area contributed by atoms with Crippen molar-refractivity contribution in [1.82, 2.24) is 14.8 Å². The van der Waals surface area contributed by atoms with Crippen molar-refractivity contribution < 1.29 is 0 Å². The third kappa shape index (κ3) is 2.91. The van der Waals surface area contributed by atoms with Gasteiger partial charge in [0.25, 0.3) is 0 Å². The minimum absolute atomic E-state index is 0.598. The highest BCUT2D eigenvalue weighted by atomic mass is 35.5. The second kappa shape index (κ2) is 5.84. The molecule has 0 saturated heterocycles. The maximum absolute atomic E-state index is 6.04. The molecule has 0 fully saturated rings. The number of halogens is 1. The number of rotatable bonds is 3. The van der Waals surface area contributed by atoms with Crippen LogP contribution in [0.25, 0.3) is 5.69 Å². The van der Waals surface area contributed by atoms with Crippen LogP contribution in [0.2, 0.25) is 5.02 Å². The predicted molar refractivity (Wildman–Crippen MR) is 87.7 cm³/mol. The van der Waals surface area contributed by atoms with Crippen LogP contribution in [0.4, 0.5) is 0 Å². The molecule has 21 heavy (non-hydrogen) atoms. The van der Waals surface area contributed by atoms with Crippen LogP contribution in [0, 0.1) is 11.7 Å². The molecule has 1 heterocycles. The van der Waals surface area contributed by atoms with Gasteiger partial charge in [0, 0.05) is 11.4 Å². The summed E-state index contributed by atoms with van der Waals surface area (Å²) < 4.78 is 2.58. The van der Waals surface area contributed by atoms with Gasteiger partial charge in [-0.3, -0.25) is 9.67 Å². The standard InChI is InChI=1S/C16H14ClN3S/c1-11-5-2-3-8-14(11)20-15(18-19-16(20)21)10-12-6-4-7-13(17)9-12/h2-9H,10H2,1H3,(H,19,21). The Hall–Kier alpha value is -1.91. The Morgan fingerprint density at radius 2 is 2.00 bits per heavy atom. The molecule has 0 amide bonds. The van der Waals surface area contributed by atoms with E-state index in [9.17, 15) is 0 Å². The Bertz CT molecular complexity index is 835. The fourth-order valence-corrected chi connectivity index (χ4v) is 2.80. The molecule has 0 aliphatic carbocycles. The number of nitrogens with zero attached hydrogens (tertiary/aromatic N) is 2. The number of H-pyrrole nitrogens is 1. The number of para-hydroxylation sites is 1. The molecule has 0 bridgehead atoms. The molecular formula is C16H14ClN3S. The van der Waals surface area contributed by atoms with E-state index in [1.165, 1.54) is 0 Å². The predicted octanol–water partition coefficient (Wildman–Crippen LogP) is 4.48. The van der Waals surface area contributed by atoms with Gasteiger partial charge in [0.1, 0.15) is 5.82 Å². The van der Waals surface area contributed by atoms with Crippen molar-refractivity contribution in [1.29, 1.82) is 0 Å². The summed E-state index contributed by atoms with van der Waals surface area (Å²) in [6, 6.07) is 15.9. The number of aryl methyl sites for hydroxylation is 1. The van der Waals surface area contributed by atoms with Crippen molar-refractivity contribution in [3.05, 3.63) is 75.3 Å². The summed E-state index contributed by atoms with van der Waals surface area (Å²) in [4.78, 5) is 0. The molecule has 1 aromatic heterocycles. The SMILES string of the molecule is Cc1ccccc1-n1c(Cc2cccc(Cl)c2)n[nH]c1=S. The summed E-state index contributed by atoms with van der Waals surface area (Å²) in [6.45, 7) is 2.06. The maximum Gasteiger partial charge on any atom is 0.199 e. The number of hydrogen-bond acceptors (Lipinski definition) is 2. The molecule has 3 nitrogen and oxygen atoms in total. The monoisotopic (exact) mass is 315 g/mol. The lowest BCUT2D eigenvalue weighted by Crippen LogP contribution is -2.04. The van der Waals surface area contributed by atoms with E-state index in [1.54, 1.807) is 0 Å². The number of hydrogen-bond donors (Lipinski definition) is 1. The van der Waals surface area contributed by atoms with Crippen LogP contribution >= 0.6 is 23.8 Å². The molecule has 0 aliphatic heterocycles. The number of benzene rings is 2. The Balaban J connectivity index is 2.06. The van der Waals surface area contributed by atoms with Crippen molar-refractivity contribution in [2.24, 2.45) is 0 Å². The highest BCUT2D eigenvalue weighted by Gasteiger charge is 2.11. The van der Waals surface area contributed by atoms with Gasteiger partial charge in [0.05, 0.1) is 5.69 Å². The van der Waals surface area contributed by atoms with Crippen LogP contribution in [-0.2, 0) is 6.42 Å². The van der Waals surface area contributed by atoms with Gasteiger partial charge in [0.15, 0.2) is 4.77 Å². The van der Waals surface area contributed by atoms with Gasteiger partial charge < -0.3 is 0 Å². The fraction of sp³-hybridized carbons (Fsp3) is 0.125. The van der Waals surface area contributed by atoms with Gasteiger partial charge in [0.2, 0.25) is 0 Å². The topological polar surface area (TPSA) is 33.6 Å². The average Bonchev–Trinajstić information content (AvgIpc) is 2.81. The zero-order chi connectivity index (χ0) is 14.8. The van der Waals surface area contributed by atoms with E-state index in [-0.39, 0.29) is 0 Å². The van der Waals surface area contributed by atoms with Crippen molar-refractivity contribution >= 4 is 23.8 Å². The van der Waals surface area contributed by atoms with E-state index in [2.05, 4.69) is 23.2 Å². The van der Waals surface area contributed by atoms with Gasteiger partial charge in [-0.05, 0) is 48.5 Å². The van der Waals surface area contributed by atoms with E-state index >= 15 is 0 Å². The smallest absolute Gasteiger partial charge is 0.199 e. The lowest BCUT2D eigenvalue weighted by Gasteiger charge is -2.09. The molecule has 0 saturated carbocycles. The molecule has 5 heteroatoms. The zero-order valence-electron chi connectivity index (χ0n) is 11.5. The van der Waals surface area contributed by atoms with Crippen LogP contribution in [0.15, 0.2) is 48.5 Å². The van der Waals surface area contributed by atoms with Crippen LogP contribution in [0.1, 0.15) is 17.0 Å². The first-order valence-electron chi connectivity index (χ1n) is 6.62. The highest BCUT2D eigenvalue weighted by Crippen LogP contribution is 2.19. The molecule has 2 aromatic carbocycles. The van der Waals surface area contributed by atoms with Crippen LogP contribution in [-0.4, -0.2) is 14.8 Å². The molecule has 0 unspecified atom stereocenters. The summed E-state index contributed by atoms with van der Waals surface area (Å²) in [7, 11) is 0. The Morgan fingerprint density at radius 1 is 1.19 bits per heavy atom. The lowest BCUT2D eigenvalue weighted by molar-refractivity contribution is 0.897. The summed E-state index contributed by atoms with van der Waals surface area (Å²) in [5, 5.41) is 7.97. The third-order valence-corrected chi connectivity index (χ3v) is 3.86. The maximum atomic E-state index is 6.04. The quantitative estimate of drug-likeness (QED) is 0.723. The lowest BCUT2D eigenvalue weighted by atomic mass is 10.1. The Labute approximate surface area is 133 Å². The van der Waals surface area contributed by atoms with Gasteiger partial charge in [-0.1, -0.05) is 41.9 Å². The van der Waals surface area contributed by atoms with E-state index in [4.69, 9.17) is 23.8 Å². The van der Waals surface area contributed by atoms with E-state index in [1.807, 2.05) is 47.0 Å².